The van der Waals surface area contributed by atoms with E-state index in [4.69, 9.17) is 9.72 Å². The first-order chi connectivity index (χ1) is 14.9. The van der Waals surface area contributed by atoms with Gasteiger partial charge in [-0.05, 0) is 58.7 Å². The summed E-state index contributed by atoms with van der Waals surface area (Å²) < 4.78 is 21.5. The van der Waals surface area contributed by atoms with Crippen molar-refractivity contribution in [2.24, 2.45) is 7.05 Å². The Labute approximate surface area is 188 Å². The van der Waals surface area contributed by atoms with Crippen LogP contribution in [0.5, 0.6) is 5.75 Å². The highest BCUT2D eigenvalue weighted by Crippen LogP contribution is 2.28. The second-order valence-corrected chi connectivity index (χ2v) is 8.06. The Hall–Kier alpha value is -3.19. The summed E-state index contributed by atoms with van der Waals surface area (Å²) in [5, 5.41) is 3.07. The molecular weight excluding hydrogens is 461 g/mol. The molecule has 5 nitrogen and oxygen atoms in total. The molecule has 0 aliphatic rings. The van der Waals surface area contributed by atoms with Crippen molar-refractivity contribution in [3.8, 4) is 5.75 Å². The fourth-order valence-corrected chi connectivity index (χ4v) is 3.88. The van der Waals surface area contributed by atoms with Crippen molar-refractivity contribution in [1.82, 2.24) is 14.9 Å². The van der Waals surface area contributed by atoms with Gasteiger partial charge in [0.1, 0.15) is 23.4 Å². The van der Waals surface area contributed by atoms with Crippen LogP contribution in [-0.4, -0.2) is 21.6 Å². The molecule has 4 rings (SSSR count). The third-order valence-electron chi connectivity index (χ3n) is 5.07. The van der Waals surface area contributed by atoms with Crippen molar-refractivity contribution in [3.63, 3.8) is 0 Å². The van der Waals surface area contributed by atoms with Gasteiger partial charge in [0.2, 0.25) is 0 Å². The zero-order valence-electron chi connectivity index (χ0n) is 17.0. The highest BCUT2D eigenvalue weighted by Gasteiger charge is 2.26. The third-order valence-corrected chi connectivity index (χ3v) is 5.69. The number of aryl methyl sites for hydroxylation is 1. The molecular formula is C24H21BrFN3O2. The number of rotatable bonds is 6. The number of fused-ring (bicyclic) bond motifs is 1. The van der Waals surface area contributed by atoms with Gasteiger partial charge in [-0.15, -0.1) is 0 Å². The molecule has 0 aliphatic carbocycles. The van der Waals surface area contributed by atoms with Crippen LogP contribution in [0.1, 0.15) is 24.4 Å². The van der Waals surface area contributed by atoms with Crippen LogP contribution in [-0.2, 0) is 11.8 Å². The summed E-state index contributed by atoms with van der Waals surface area (Å²) in [6, 6.07) is 21.1. The zero-order chi connectivity index (χ0) is 22.0. The van der Waals surface area contributed by atoms with Crippen LogP contribution < -0.4 is 10.1 Å². The van der Waals surface area contributed by atoms with Gasteiger partial charge in [-0.1, -0.05) is 42.5 Å². The fourth-order valence-electron chi connectivity index (χ4n) is 3.44. The summed E-state index contributed by atoms with van der Waals surface area (Å²) in [6.07, 6.45) is -0.803. The number of carbonyl (C=O) groups is 1. The fraction of sp³-hybridized carbons (Fsp3) is 0.167. The SMILES string of the molecule is CC(Oc1ccc(F)cc1Br)C(=O)NC(c1ccccc1)c1nc2ccccc2n1C. The monoisotopic (exact) mass is 481 g/mol. The summed E-state index contributed by atoms with van der Waals surface area (Å²) in [5.74, 6) is 0.415. The molecule has 7 heteroatoms. The van der Waals surface area contributed by atoms with Crippen LogP contribution in [0.4, 0.5) is 4.39 Å². The number of nitrogens with zero attached hydrogens (tertiary/aromatic N) is 2. The smallest absolute Gasteiger partial charge is 0.261 e. The average Bonchev–Trinajstić information content (AvgIpc) is 3.11. The van der Waals surface area contributed by atoms with Crippen molar-refractivity contribution in [2.45, 2.75) is 19.1 Å². The molecule has 0 saturated carbocycles. The summed E-state index contributed by atoms with van der Waals surface area (Å²) in [6.45, 7) is 1.65. The Morgan fingerprint density at radius 2 is 1.81 bits per heavy atom. The summed E-state index contributed by atoms with van der Waals surface area (Å²) in [5.41, 5.74) is 2.74. The van der Waals surface area contributed by atoms with Crippen LogP contribution in [0.3, 0.4) is 0 Å². The van der Waals surface area contributed by atoms with E-state index >= 15 is 0 Å². The van der Waals surface area contributed by atoms with Gasteiger partial charge < -0.3 is 14.6 Å². The van der Waals surface area contributed by atoms with Crippen molar-refractivity contribution < 1.29 is 13.9 Å². The number of aromatic nitrogens is 2. The van der Waals surface area contributed by atoms with E-state index in [1.165, 1.54) is 18.2 Å². The highest BCUT2D eigenvalue weighted by molar-refractivity contribution is 9.10. The van der Waals surface area contributed by atoms with Crippen molar-refractivity contribution >= 4 is 32.9 Å². The number of imidazole rings is 1. The molecule has 0 saturated heterocycles. The molecule has 1 heterocycles. The Kier molecular flexibility index (Phi) is 6.04. The molecule has 3 aromatic carbocycles. The average molecular weight is 482 g/mol. The van der Waals surface area contributed by atoms with E-state index in [1.807, 2.05) is 66.2 Å². The van der Waals surface area contributed by atoms with Crippen molar-refractivity contribution in [3.05, 3.63) is 94.5 Å². The maximum atomic E-state index is 13.3. The van der Waals surface area contributed by atoms with Gasteiger partial charge in [-0.25, -0.2) is 9.37 Å². The standard InChI is InChI=1S/C24H21BrFN3O2/c1-15(31-21-13-12-17(26)14-18(21)25)24(30)28-22(16-8-4-3-5-9-16)23-27-19-10-6-7-11-20(19)29(23)2/h3-15,22H,1-2H3,(H,28,30). The topological polar surface area (TPSA) is 56.1 Å². The molecule has 1 amide bonds. The number of amides is 1. The lowest BCUT2D eigenvalue weighted by Crippen LogP contribution is -2.39. The van der Waals surface area contributed by atoms with Crippen LogP contribution >= 0.6 is 15.9 Å². The number of para-hydroxylation sites is 2. The molecule has 1 aromatic heterocycles. The second kappa shape index (κ2) is 8.89. The van der Waals surface area contributed by atoms with Gasteiger partial charge in [-0.3, -0.25) is 4.79 Å². The lowest BCUT2D eigenvalue weighted by Gasteiger charge is -2.22. The van der Waals surface area contributed by atoms with Crippen LogP contribution in [0.2, 0.25) is 0 Å². The molecule has 4 aromatic rings. The largest absolute Gasteiger partial charge is 0.480 e. The third kappa shape index (κ3) is 4.46. The quantitative estimate of drug-likeness (QED) is 0.414. The predicted molar refractivity (Wildman–Crippen MR) is 121 cm³/mol. The molecule has 2 unspecified atom stereocenters. The second-order valence-electron chi connectivity index (χ2n) is 7.20. The minimum absolute atomic E-state index is 0.308. The normalized spacial score (nSPS) is 13.0. The van der Waals surface area contributed by atoms with Crippen LogP contribution in [0, 0.1) is 5.82 Å². The Bertz CT molecular complexity index is 1230. The van der Waals surface area contributed by atoms with Crippen LogP contribution in [0.15, 0.2) is 77.3 Å². The minimum atomic E-state index is -0.803. The molecule has 1 N–H and O–H groups in total. The number of hydrogen-bond acceptors (Lipinski definition) is 3. The Morgan fingerprint density at radius 3 is 2.52 bits per heavy atom. The molecule has 0 aliphatic heterocycles. The first-order valence-electron chi connectivity index (χ1n) is 9.82. The van der Waals surface area contributed by atoms with Gasteiger partial charge in [0.25, 0.3) is 5.91 Å². The van der Waals surface area contributed by atoms with E-state index in [0.717, 1.165) is 22.4 Å². The minimum Gasteiger partial charge on any atom is -0.480 e. The predicted octanol–water partition coefficient (Wildman–Crippen LogP) is 5.15. The number of hydrogen-bond donors (Lipinski definition) is 1. The van der Waals surface area contributed by atoms with Crippen LogP contribution in [0.25, 0.3) is 11.0 Å². The summed E-state index contributed by atoms with van der Waals surface area (Å²) in [7, 11) is 1.93. The van der Waals surface area contributed by atoms with Gasteiger partial charge >= 0.3 is 0 Å². The molecule has 2 atom stereocenters. The van der Waals surface area contributed by atoms with Gasteiger partial charge in [0, 0.05) is 7.05 Å². The lowest BCUT2D eigenvalue weighted by atomic mass is 10.1. The van der Waals surface area contributed by atoms with E-state index in [1.54, 1.807) is 6.92 Å². The number of nitrogens with one attached hydrogen (secondary N) is 1. The maximum Gasteiger partial charge on any atom is 0.261 e. The molecule has 0 bridgehead atoms. The van der Waals surface area contributed by atoms with E-state index in [-0.39, 0.29) is 11.7 Å². The summed E-state index contributed by atoms with van der Waals surface area (Å²) >= 11 is 3.27. The summed E-state index contributed by atoms with van der Waals surface area (Å²) in [4.78, 5) is 17.8. The number of carbonyl (C=O) groups excluding carboxylic acids is 1. The highest BCUT2D eigenvalue weighted by atomic mass is 79.9. The Morgan fingerprint density at radius 1 is 1.10 bits per heavy atom. The van der Waals surface area contributed by atoms with E-state index in [2.05, 4.69) is 21.2 Å². The van der Waals surface area contributed by atoms with E-state index in [9.17, 15) is 9.18 Å². The molecule has 0 radical (unpaired) electrons. The molecule has 0 fully saturated rings. The van der Waals surface area contributed by atoms with Gasteiger partial charge in [0.15, 0.2) is 6.10 Å². The Balaban J connectivity index is 1.63. The lowest BCUT2D eigenvalue weighted by molar-refractivity contribution is -0.127. The van der Waals surface area contributed by atoms with Gasteiger partial charge in [-0.2, -0.15) is 0 Å². The maximum absolute atomic E-state index is 13.3. The van der Waals surface area contributed by atoms with E-state index < -0.39 is 12.1 Å². The number of halogens is 2. The number of benzene rings is 3. The molecule has 0 spiro atoms. The number of ether oxygens (including phenoxy) is 1. The van der Waals surface area contributed by atoms with Gasteiger partial charge in [0.05, 0.1) is 15.5 Å². The first-order valence-corrected chi connectivity index (χ1v) is 10.6. The van der Waals surface area contributed by atoms with Crippen molar-refractivity contribution in [1.29, 1.82) is 0 Å². The molecule has 158 valence electrons. The van der Waals surface area contributed by atoms with E-state index in [0.29, 0.717) is 10.2 Å². The molecule has 31 heavy (non-hydrogen) atoms. The van der Waals surface area contributed by atoms with Crippen molar-refractivity contribution in [2.75, 3.05) is 0 Å². The first kappa shape index (κ1) is 21.1. The zero-order valence-corrected chi connectivity index (χ0v) is 18.6.